The summed E-state index contributed by atoms with van der Waals surface area (Å²) in [4.78, 5) is 16.0. The van der Waals surface area contributed by atoms with Gasteiger partial charge in [0.05, 0.1) is 6.54 Å². The van der Waals surface area contributed by atoms with Gasteiger partial charge < -0.3 is 10.2 Å². The van der Waals surface area contributed by atoms with E-state index in [1.807, 2.05) is 23.0 Å². The molecule has 2 aromatic rings. The van der Waals surface area contributed by atoms with Crippen LogP contribution in [0.5, 0.6) is 0 Å². The van der Waals surface area contributed by atoms with Crippen LogP contribution in [0.1, 0.15) is 26.3 Å². The first-order valence-electron chi connectivity index (χ1n) is 9.26. The Bertz CT molecular complexity index is 719. The van der Waals surface area contributed by atoms with Crippen LogP contribution in [0.4, 0.5) is 0 Å². The molecule has 0 saturated carbocycles. The second kappa shape index (κ2) is 10.9. The maximum Gasteiger partial charge on any atom is 0.194 e. The van der Waals surface area contributed by atoms with Crippen molar-refractivity contribution in [3.63, 3.8) is 0 Å². The molecule has 1 aliphatic heterocycles. The Balaban J connectivity index is 0.00000261. The predicted octanol–water partition coefficient (Wildman–Crippen LogP) is 3.42. The zero-order chi connectivity index (χ0) is 18.4. The highest BCUT2D eigenvalue weighted by Crippen LogP contribution is 2.25. The van der Waals surface area contributed by atoms with Crippen molar-refractivity contribution in [2.24, 2.45) is 10.9 Å². The second-order valence-corrected chi connectivity index (χ2v) is 8.07. The maximum atomic E-state index is 4.92. The molecule has 8 heteroatoms. The number of hydrogen-bond acceptors (Lipinski definition) is 4. The lowest BCUT2D eigenvalue weighted by atomic mass is 10.1. The number of aromatic nitrogens is 3. The van der Waals surface area contributed by atoms with Gasteiger partial charge in [-0.15, -0.1) is 24.0 Å². The van der Waals surface area contributed by atoms with Crippen LogP contribution in [0.3, 0.4) is 0 Å². The highest BCUT2D eigenvalue weighted by atomic mass is 127. The van der Waals surface area contributed by atoms with Crippen molar-refractivity contribution in [1.29, 1.82) is 0 Å². The number of halogens is 1. The Morgan fingerprint density at radius 2 is 2.26 bits per heavy atom. The summed E-state index contributed by atoms with van der Waals surface area (Å²) < 4.78 is 1.93. The molecule has 1 fully saturated rings. The van der Waals surface area contributed by atoms with E-state index in [0.717, 1.165) is 42.7 Å². The molecule has 2 aromatic heterocycles. The van der Waals surface area contributed by atoms with E-state index in [4.69, 9.17) is 4.99 Å². The van der Waals surface area contributed by atoms with Crippen LogP contribution in [0, 0.1) is 5.92 Å². The molecule has 0 aromatic carbocycles. The number of nitrogens with zero attached hydrogens (tertiary/aromatic N) is 5. The molecule has 148 valence electrons. The lowest BCUT2D eigenvalue weighted by Gasteiger charge is -2.36. The average molecular weight is 500 g/mol. The SMILES string of the molecule is CCNC(=NCc1cccnc1-n1ccnc1)N1CCSC(C(C)C)C1.I. The molecule has 0 spiro atoms. The third-order valence-corrected chi connectivity index (χ3v) is 6.03. The third kappa shape index (κ3) is 5.84. The van der Waals surface area contributed by atoms with Gasteiger partial charge in [-0.1, -0.05) is 19.9 Å². The largest absolute Gasteiger partial charge is 0.357 e. The number of imidazole rings is 1. The van der Waals surface area contributed by atoms with E-state index in [1.54, 1.807) is 12.5 Å². The quantitative estimate of drug-likeness (QED) is 0.388. The number of thioether (sulfide) groups is 1. The molecular weight excluding hydrogens is 471 g/mol. The van der Waals surface area contributed by atoms with Crippen molar-refractivity contribution in [3.8, 4) is 5.82 Å². The van der Waals surface area contributed by atoms with Crippen molar-refractivity contribution in [1.82, 2.24) is 24.8 Å². The standard InChI is InChI=1S/C19H28N6S.HI/c1-4-21-19(24-10-11-26-17(13-24)15(2)3)23-12-16-6-5-7-22-18(16)25-9-8-20-14-25;/h5-9,14-15,17H,4,10-13H2,1-3H3,(H,21,23);1H. The molecule has 27 heavy (non-hydrogen) atoms. The highest BCUT2D eigenvalue weighted by molar-refractivity contribution is 14.0. The van der Waals surface area contributed by atoms with E-state index in [1.165, 1.54) is 0 Å². The molecule has 1 aliphatic rings. The summed E-state index contributed by atoms with van der Waals surface area (Å²) in [6, 6.07) is 4.04. The highest BCUT2D eigenvalue weighted by Gasteiger charge is 2.24. The van der Waals surface area contributed by atoms with Crippen LogP contribution >= 0.6 is 35.7 Å². The van der Waals surface area contributed by atoms with Crippen molar-refractivity contribution in [3.05, 3.63) is 42.6 Å². The second-order valence-electron chi connectivity index (χ2n) is 6.73. The van der Waals surface area contributed by atoms with Gasteiger partial charge >= 0.3 is 0 Å². The smallest absolute Gasteiger partial charge is 0.194 e. The molecular formula is C19H29IN6S. The fourth-order valence-corrected chi connectivity index (χ4v) is 4.33. The summed E-state index contributed by atoms with van der Waals surface area (Å²) in [6.45, 7) is 10.3. The van der Waals surface area contributed by atoms with E-state index in [0.29, 0.717) is 17.7 Å². The zero-order valence-electron chi connectivity index (χ0n) is 16.2. The average Bonchev–Trinajstić information content (AvgIpc) is 3.20. The van der Waals surface area contributed by atoms with E-state index < -0.39 is 0 Å². The molecule has 0 amide bonds. The van der Waals surface area contributed by atoms with Gasteiger partial charge in [0, 0.05) is 54.8 Å². The molecule has 6 nitrogen and oxygen atoms in total. The number of hydrogen-bond donors (Lipinski definition) is 1. The minimum atomic E-state index is 0. The molecule has 1 saturated heterocycles. The lowest BCUT2D eigenvalue weighted by Crippen LogP contribution is -2.49. The van der Waals surface area contributed by atoms with Crippen LogP contribution < -0.4 is 5.32 Å². The molecule has 0 aliphatic carbocycles. The Morgan fingerprint density at radius 3 is 2.96 bits per heavy atom. The summed E-state index contributed by atoms with van der Waals surface area (Å²) in [5.41, 5.74) is 1.09. The first-order chi connectivity index (χ1) is 12.7. The van der Waals surface area contributed by atoms with Crippen molar-refractivity contribution >= 4 is 41.7 Å². The summed E-state index contributed by atoms with van der Waals surface area (Å²) in [7, 11) is 0. The van der Waals surface area contributed by atoms with E-state index in [9.17, 15) is 0 Å². The Hall–Kier alpha value is -1.29. The van der Waals surface area contributed by atoms with Crippen molar-refractivity contribution < 1.29 is 0 Å². The molecule has 0 radical (unpaired) electrons. The Kier molecular flexibility index (Phi) is 8.88. The molecule has 3 heterocycles. The lowest BCUT2D eigenvalue weighted by molar-refractivity contribution is 0.381. The number of nitrogens with one attached hydrogen (secondary N) is 1. The van der Waals surface area contributed by atoms with Gasteiger partial charge in [-0.2, -0.15) is 11.8 Å². The van der Waals surface area contributed by atoms with E-state index >= 15 is 0 Å². The number of guanidine groups is 1. The van der Waals surface area contributed by atoms with Gasteiger partial charge in [0.2, 0.25) is 0 Å². The number of rotatable bonds is 5. The topological polar surface area (TPSA) is 58.3 Å². The summed E-state index contributed by atoms with van der Waals surface area (Å²) in [5, 5.41) is 4.12. The summed E-state index contributed by atoms with van der Waals surface area (Å²) >= 11 is 2.08. The molecule has 1 unspecified atom stereocenters. The molecule has 1 N–H and O–H groups in total. The van der Waals surface area contributed by atoms with Crippen molar-refractivity contribution in [2.75, 3.05) is 25.4 Å². The fraction of sp³-hybridized carbons (Fsp3) is 0.526. The van der Waals surface area contributed by atoms with Crippen LogP contribution in [0.15, 0.2) is 42.0 Å². The van der Waals surface area contributed by atoms with Crippen LogP contribution in [0.25, 0.3) is 5.82 Å². The molecule has 3 rings (SSSR count). The zero-order valence-corrected chi connectivity index (χ0v) is 19.4. The minimum Gasteiger partial charge on any atom is -0.357 e. The summed E-state index contributed by atoms with van der Waals surface area (Å²) in [5.74, 6) is 3.72. The third-order valence-electron chi connectivity index (χ3n) is 4.49. The fourth-order valence-electron chi connectivity index (χ4n) is 3.03. The molecule has 1 atom stereocenters. The van der Waals surface area contributed by atoms with Gasteiger partial charge in [-0.05, 0) is 18.9 Å². The number of aliphatic imine (C=N–C) groups is 1. The minimum absolute atomic E-state index is 0. The monoisotopic (exact) mass is 500 g/mol. The molecule has 0 bridgehead atoms. The van der Waals surface area contributed by atoms with Crippen LogP contribution in [-0.4, -0.2) is 56.0 Å². The normalized spacial score (nSPS) is 17.7. The predicted molar refractivity (Wildman–Crippen MR) is 124 cm³/mol. The van der Waals surface area contributed by atoms with Crippen molar-refractivity contribution in [2.45, 2.75) is 32.6 Å². The van der Waals surface area contributed by atoms with E-state index in [2.05, 4.69) is 58.8 Å². The van der Waals surface area contributed by atoms with Crippen LogP contribution in [0.2, 0.25) is 0 Å². The van der Waals surface area contributed by atoms with Crippen LogP contribution in [-0.2, 0) is 6.54 Å². The Labute approximate surface area is 183 Å². The van der Waals surface area contributed by atoms with Gasteiger partial charge in [0.25, 0.3) is 0 Å². The Morgan fingerprint density at radius 1 is 1.41 bits per heavy atom. The first-order valence-corrected chi connectivity index (χ1v) is 10.3. The van der Waals surface area contributed by atoms with Gasteiger partial charge in [-0.3, -0.25) is 4.57 Å². The van der Waals surface area contributed by atoms with Gasteiger partial charge in [0.1, 0.15) is 12.1 Å². The van der Waals surface area contributed by atoms with Gasteiger partial charge in [-0.25, -0.2) is 15.0 Å². The number of pyridine rings is 1. The summed E-state index contributed by atoms with van der Waals surface area (Å²) in [6.07, 6.45) is 7.26. The first kappa shape index (κ1) is 22.0. The maximum absolute atomic E-state index is 4.92. The van der Waals surface area contributed by atoms with E-state index in [-0.39, 0.29) is 24.0 Å². The van der Waals surface area contributed by atoms with Gasteiger partial charge in [0.15, 0.2) is 5.96 Å².